The molecule has 0 aliphatic carbocycles. The summed E-state index contributed by atoms with van der Waals surface area (Å²) in [4.78, 5) is 12.5. The van der Waals surface area contributed by atoms with Crippen LogP contribution in [0.2, 0.25) is 5.02 Å². The second-order valence-electron chi connectivity index (χ2n) is 6.22. The van der Waals surface area contributed by atoms with E-state index in [-0.39, 0.29) is 5.57 Å². The fraction of sp³-hybridized carbons (Fsp3) is 0.0435. The third-order valence-electron chi connectivity index (χ3n) is 4.02. The quantitative estimate of drug-likeness (QED) is 0.186. The minimum absolute atomic E-state index is 0.00880. The average molecular weight is 641 g/mol. The molecule has 0 fully saturated rings. The van der Waals surface area contributed by atoms with Crippen LogP contribution in [0, 0.1) is 18.5 Å². The van der Waals surface area contributed by atoms with E-state index in [1.54, 1.807) is 30.3 Å². The maximum Gasteiger partial charge on any atom is 0.266 e. The van der Waals surface area contributed by atoms with E-state index in [2.05, 4.69) is 50.5 Å². The Hall–Kier alpha value is -2.09. The number of hydrogen-bond donors (Lipinski definition) is 1. The van der Waals surface area contributed by atoms with Gasteiger partial charge in [-0.2, -0.15) is 5.26 Å². The molecule has 0 spiro atoms. The Balaban J connectivity index is 1.76. The highest BCUT2D eigenvalue weighted by molar-refractivity contribution is 14.1. The highest BCUT2D eigenvalue weighted by Crippen LogP contribution is 2.30. The lowest BCUT2D eigenvalue weighted by Crippen LogP contribution is -2.13. The van der Waals surface area contributed by atoms with Gasteiger partial charge >= 0.3 is 0 Å². The molecule has 0 radical (unpaired) electrons. The molecule has 0 atom stereocenters. The summed E-state index contributed by atoms with van der Waals surface area (Å²) in [5.41, 5.74) is 2.41. The summed E-state index contributed by atoms with van der Waals surface area (Å²) >= 11 is 10.3. The van der Waals surface area contributed by atoms with Crippen molar-refractivity contribution in [3.63, 3.8) is 0 Å². The number of nitrogens with zero attached hydrogens (tertiary/aromatic N) is 1. The third-order valence-corrected chi connectivity index (χ3v) is 5.88. The summed E-state index contributed by atoms with van der Waals surface area (Å²) in [6, 6.07) is 22.4. The number of carbonyl (C=O) groups excluding carboxylic acids is 1. The molecule has 0 aliphatic heterocycles. The molecule has 0 unspecified atom stereocenters. The van der Waals surface area contributed by atoms with Gasteiger partial charge in [0, 0.05) is 10.7 Å². The van der Waals surface area contributed by atoms with Crippen molar-refractivity contribution in [1.82, 2.24) is 0 Å². The molecule has 7 heteroatoms. The second-order valence-corrected chi connectivity index (χ2v) is 8.98. The molecule has 0 heterocycles. The van der Waals surface area contributed by atoms with Gasteiger partial charge in [0.2, 0.25) is 0 Å². The number of amides is 1. The van der Waals surface area contributed by atoms with E-state index in [0.717, 1.165) is 24.0 Å². The standard InChI is InChI=1S/C23H15ClI2N2O2/c24-18-6-8-19(9-7-18)28-23(29)17(13-27)10-16-11-20(25)22(21(26)12-16)30-14-15-4-2-1-3-5-15/h1-12H,14H2,(H,28,29)/b17-10-. The van der Waals surface area contributed by atoms with E-state index < -0.39 is 5.91 Å². The van der Waals surface area contributed by atoms with Crippen LogP contribution in [0.1, 0.15) is 11.1 Å². The van der Waals surface area contributed by atoms with E-state index in [4.69, 9.17) is 16.3 Å². The van der Waals surface area contributed by atoms with Crippen molar-refractivity contribution in [3.8, 4) is 11.8 Å². The maximum atomic E-state index is 12.5. The Kier molecular flexibility index (Phi) is 8.13. The van der Waals surface area contributed by atoms with E-state index >= 15 is 0 Å². The van der Waals surface area contributed by atoms with Crippen molar-refractivity contribution >= 4 is 74.5 Å². The molecule has 1 amide bonds. The predicted molar refractivity (Wildman–Crippen MR) is 136 cm³/mol. The normalized spacial score (nSPS) is 10.9. The van der Waals surface area contributed by atoms with Gasteiger partial charge in [-0.25, -0.2) is 0 Å². The summed E-state index contributed by atoms with van der Waals surface area (Å²) in [7, 11) is 0. The van der Waals surface area contributed by atoms with Crippen LogP contribution >= 0.6 is 56.8 Å². The first-order valence-electron chi connectivity index (χ1n) is 8.81. The SMILES string of the molecule is N#C/C(=C/c1cc(I)c(OCc2ccccc2)c(I)c1)C(=O)Nc1ccc(Cl)cc1. The number of carbonyl (C=O) groups is 1. The molecule has 30 heavy (non-hydrogen) atoms. The molecule has 3 rings (SSSR count). The predicted octanol–water partition coefficient (Wildman–Crippen LogP) is 6.67. The minimum Gasteiger partial charge on any atom is -0.487 e. The van der Waals surface area contributed by atoms with Gasteiger partial charge < -0.3 is 10.1 Å². The lowest BCUT2D eigenvalue weighted by atomic mass is 10.1. The number of nitriles is 1. The van der Waals surface area contributed by atoms with Crippen LogP contribution in [-0.4, -0.2) is 5.91 Å². The largest absolute Gasteiger partial charge is 0.487 e. The van der Waals surface area contributed by atoms with Crippen molar-refractivity contribution in [3.05, 3.63) is 95.6 Å². The lowest BCUT2D eigenvalue weighted by molar-refractivity contribution is -0.112. The Labute approximate surface area is 207 Å². The lowest BCUT2D eigenvalue weighted by Gasteiger charge is -2.12. The van der Waals surface area contributed by atoms with Crippen LogP contribution in [0.25, 0.3) is 6.08 Å². The minimum atomic E-state index is -0.478. The molecule has 0 saturated heterocycles. The first kappa shape index (κ1) is 22.6. The monoisotopic (exact) mass is 640 g/mol. The fourth-order valence-corrected chi connectivity index (χ4v) is 4.83. The second kappa shape index (κ2) is 10.8. The highest BCUT2D eigenvalue weighted by atomic mass is 127. The molecular weight excluding hydrogens is 626 g/mol. The Morgan fingerprint density at radius 2 is 1.70 bits per heavy atom. The van der Waals surface area contributed by atoms with Gasteiger partial charge in [-0.1, -0.05) is 41.9 Å². The summed E-state index contributed by atoms with van der Waals surface area (Å²) in [5, 5.41) is 12.7. The van der Waals surface area contributed by atoms with Gasteiger partial charge in [0.05, 0.1) is 7.14 Å². The van der Waals surface area contributed by atoms with E-state index in [1.165, 1.54) is 0 Å². The van der Waals surface area contributed by atoms with Gasteiger partial charge in [0.25, 0.3) is 5.91 Å². The summed E-state index contributed by atoms with van der Waals surface area (Å²) in [5.74, 6) is 0.301. The number of rotatable bonds is 6. The Bertz CT molecular complexity index is 1100. The summed E-state index contributed by atoms with van der Waals surface area (Å²) in [6.07, 6.45) is 1.57. The van der Waals surface area contributed by atoms with Crippen molar-refractivity contribution in [2.24, 2.45) is 0 Å². The van der Waals surface area contributed by atoms with Gasteiger partial charge in [-0.05, 0) is 98.8 Å². The van der Waals surface area contributed by atoms with E-state index in [9.17, 15) is 10.1 Å². The van der Waals surface area contributed by atoms with Crippen LogP contribution in [0.3, 0.4) is 0 Å². The van der Waals surface area contributed by atoms with Gasteiger partial charge in [-0.15, -0.1) is 0 Å². The van der Waals surface area contributed by atoms with Crippen molar-refractivity contribution in [2.75, 3.05) is 5.32 Å². The van der Waals surface area contributed by atoms with Crippen molar-refractivity contribution in [2.45, 2.75) is 6.61 Å². The third kappa shape index (κ3) is 6.20. The summed E-state index contributed by atoms with van der Waals surface area (Å²) < 4.78 is 7.79. The van der Waals surface area contributed by atoms with E-state index in [1.807, 2.05) is 48.5 Å². The summed E-state index contributed by atoms with van der Waals surface area (Å²) in [6.45, 7) is 0.467. The molecule has 3 aromatic rings. The number of anilines is 1. The number of nitrogens with one attached hydrogen (secondary N) is 1. The zero-order valence-corrected chi connectivity index (χ0v) is 20.6. The van der Waals surface area contributed by atoms with Crippen molar-refractivity contribution < 1.29 is 9.53 Å². The molecule has 3 aromatic carbocycles. The molecule has 150 valence electrons. The number of halogens is 3. The molecule has 0 aromatic heterocycles. The first-order valence-corrected chi connectivity index (χ1v) is 11.3. The van der Waals surface area contributed by atoms with Gasteiger partial charge in [-0.3, -0.25) is 4.79 Å². The highest BCUT2D eigenvalue weighted by Gasteiger charge is 2.13. The van der Waals surface area contributed by atoms with Crippen LogP contribution in [0.5, 0.6) is 5.75 Å². The van der Waals surface area contributed by atoms with Gasteiger partial charge in [0.15, 0.2) is 0 Å². The van der Waals surface area contributed by atoms with Crippen LogP contribution < -0.4 is 10.1 Å². The number of hydrogen-bond acceptors (Lipinski definition) is 3. The molecule has 0 aliphatic rings. The average Bonchev–Trinajstić information content (AvgIpc) is 2.73. The molecular formula is C23H15ClI2N2O2. The maximum absolute atomic E-state index is 12.5. The Morgan fingerprint density at radius 3 is 2.30 bits per heavy atom. The molecule has 0 saturated carbocycles. The first-order chi connectivity index (χ1) is 14.5. The molecule has 4 nitrogen and oxygen atoms in total. The van der Waals surface area contributed by atoms with Crippen LogP contribution in [0.4, 0.5) is 5.69 Å². The van der Waals surface area contributed by atoms with Crippen LogP contribution in [-0.2, 0) is 11.4 Å². The zero-order valence-electron chi connectivity index (χ0n) is 15.5. The number of benzene rings is 3. The van der Waals surface area contributed by atoms with E-state index in [0.29, 0.717) is 17.3 Å². The topological polar surface area (TPSA) is 62.1 Å². The van der Waals surface area contributed by atoms with Gasteiger partial charge in [0.1, 0.15) is 24.0 Å². The van der Waals surface area contributed by atoms with Crippen molar-refractivity contribution in [1.29, 1.82) is 5.26 Å². The molecule has 1 N–H and O–H groups in total. The fourth-order valence-electron chi connectivity index (χ4n) is 2.58. The number of ether oxygens (including phenoxy) is 1. The smallest absolute Gasteiger partial charge is 0.266 e. The zero-order chi connectivity index (χ0) is 21.5. The Morgan fingerprint density at radius 1 is 1.07 bits per heavy atom. The molecule has 0 bridgehead atoms. The van der Waals surface area contributed by atoms with Crippen LogP contribution in [0.15, 0.2) is 72.3 Å².